The molecule has 1 atom stereocenters. The topological polar surface area (TPSA) is 65.0 Å². The van der Waals surface area contributed by atoms with Crippen molar-refractivity contribution < 1.29 is 14.6 Å². The van der Waals surface area contributed by atoms with Gasteiger partial charge in [0.25, 0.3) is 0 Å². The van der Waals surface area contributed by atoms with Gasteiger partial charge in [-0.2, -0.15) is 0 Å². The molecular formula is C16H26ClN3O3. The van der Waals surface area contributed by atoms with Gasteiger partial charge in [-0.3, -0.25) is 9.69 Å². The molecule has 1 aliphatic heterocycles. The molecule has 0 saturated carbocycles. The number of aliphatic hydroxyl groups excluding tert-OH is 1. The molecule has 2 rings (SSSR count). The number of likely N-dealkylation sites (N-methyl/N-ethyl adjacent to an activating group) is 1. The van der Waals surface area contributed by atoms with E-state index >= 15 is 0 Å². The van der Waals surface area contributed by atoms with Crippen LogP contribution in [0.5, 0.6) is 5.75 Å². The number of rotatable bonds is 7. The quantitative estimate of drug-likeness (QED) is 0.741. The second-order valence-corrected chi connectivity index (χ2v) is 5.49. The van der Waals surface area contributed by atoms with Crippen molar-refractivity contribution in [1.82, 2.24) is 15.1 Å². The first-order valence-corrected chi connectivity index (χ1v) is 7.69. The van der Waals surface area contributed by atoms with Crippen LogP contribution in [0.15, 0.2) is 30.3 Å². The molecule has 23 heavy (non-hydrogen) atoms. The number of para-hydroxylation sites is 1. The molecule has 130 valence electrons. The molecule has 6 nitrogen and oxygen atoms in total. The SMILES string of the molecule is CNCC(=O)N1CCN(CC(O)COc2ccccc2)CC1.Cl. The highest BCUT2D eigenvalue weighted by Gasteiger charge is 2.22. The first kappa shape index (κ1) is 19.7. The number of carbonyl (C=O) groups excluding carboxylic acids is 1. The van der Waals surface area contributed by atoms with Gasteiger partial charge in [-0.1, -0.05) is 18.2 Å². The van der Waals surface area contributed by atoms with E-state index in [1.165, 1.54) is 0 Å². The molecule has 1 fully saturated rings. The Kier molecular flexibility index (Phi) is 8.94. The van der Waals surface area contributed by atoms with E-state index in [9.17, 15) is 9.90 Å². The minimum absolute atomic E-state index is 0. The summed E-state index contributed by atoms with van der Waals surface area (Å²) < 4.78 is 5.55. The first-order chi connectivity index (χ1) is 10.7. The fraction of sp³-hybridized carbons (Fsp3) is 0.562. The Morgan fingerprint density at radius 1 is 1.26 bits per heavy atom. The van der Waals surface area contributed by atoms with Gasteiger partial charge in [0.1, 0.15) is 18.5 Å². The van der Waals surface area contributed by atoms with E-state index in [0.717, 1.165) is 18.8 Å². The molecule has 1 saturated heterocycles. The third-order valence-electron chi connectivity index (χ3n) is 3.71. The lowest BCUT2D eigenvalue weighted by molar-refractivity contribution is -0.132. The van der Waals surface area contributed by atoms with Gasteiger partial charge >= 0.3 is 0 Å². The van der Waals surface area contributed by atoms with Crippen LogP contribution >= 0.6 is 12.4 Å². The average molecular weight is 344 g/mol. The summed E-state index contributed by atoms with van der Waals surface area (Å²) >= 11 is 0. The molecule has 7 heteroatoms. The molecule has 0 radical (unpaired) electrons. The molecule has 1 aromatic carbocycles. The number of hydrogen-bond donors (Lipinski definition) is 2. The lowest BCUT2D eigenvalue weighted by Gasteiger charge is -2.35. The first-order valence-electron chi connectivity index (χ1n) is 7.69. The monoisotopic (exact) mass is 343 g/mol. The second-order valence-electron chi connectivity index (χ2n) is 5.49. The van der Waals surface area contributed by atoms with E-state index in [0.29, 0.717) is 26.2 Å². The lowest BCUT2D eigenvalue weighted by Crippen LogP contribution is -2.52. The molecule has 0 aromatic heterocycles. The van der Waals surface area contributed by atoms with E-state index in [-0.39, 0.29) is 24.9 Å². The molecule has 1 unspecified atom stereocenters. The van der Waals surface area contributed by atoms with Crippen LogP contribution in [-0.2, 0) is 4.79 Å². The number of ether oxygens (including phenoxy) is 1. The molecule has 0 aliphatic carbocycles. The molecule has 1 aliphatic rings. The van der Waals surface area contributed by atoms with E-state index in [2.05, 4.69) is 10.2 Å². The lowest BCUT2D eigenvalue weighted by atomic mass is 10.2. The van der Waals surface area contributed by atoms with Crippen molar-refractivity contribution in [2.75, 3.05) is 52.9 Å². The zero-order valence-corrected chi connectivity index (χ0v) is 14.3. The highest BCUT2D eigenvalue weighted by Crippen LogP contribution is 2.09. The van der Waals surface area contributed by atoms with Gasteiger partial charge in [-0.05, 0) is 19.2 Å². The molecule has 1 amide bonds. The fourth-order valence-corrected chi connectivity index (χ4v) is 2.50. The maximum absolute atomic E-state index is 11.8. The zero-order chi connectivity index (χ0) is 15.8. The van der Waals surface area contributed by atoms with E-state index in [4.69, 9.17) is 4.74 Å². The molecule has 1 heterocycles. The molecule has 0 spiro atoms. The van der Waals surface area contributed by atoms with E-state index in [1.807, 2.05) is 35.2 Å². The van der Waals surface area contributed by atoms with Crippen molar-refractivity contribution in [2.24, 2.45) is 0 Å². The average Bonchev–Trinajstić information content (AvgIpc) is 2.55. The second kappa shape index (κ2) is 10.4. The summed E-state index contributed by atoms with van der Waals surface area (Å²) in [6.45, 7) is 4.24. The summed E-state index contributed by atoms with van der Waals surface area (Å²) in [5.74, 6) is 0.902. The van der Waals surface area contributed by atoms with Crippen LogP contribution in [0.25, 0.3) is 0 Å². The van der Waals surface area contributed by atoms with Crippen molar-refractivity contribution in [1.29, 1.82) is 0 Å². The summed E-state index contributed by atoms with van der Waals surface area (Å²) in [6.07, 6.45) is -0.528. The number of nitrogens with one attached hydrogen (secondary N) is 1. The molecule has 2 N–H and O–H groups in total. The third-order valence-corrected chi connectivity index (χ3v) is 3.71. The van der Waals surface area contributed by atoms with Gasteiger partial charge < -0.3 is 20.1 Å². The Labute approximate surface area is 143 Å². The van der Waals surface area contributed by atoms with Crippen molar-refractivity contribution in [2.45, 2.75) is 6.10 Å². The van der Waals surface area contributed by atoms with Crippen LogP contribution < -0.4 is 10.1 Å². The largest absolute Gasteiger partial charge is 0.491 e. The summed E-state index contributed by atoms with van der Waals surface area (Å²) in [5, 5.41) is 12.9. The number of piperazine rings is 1. The van der Waals surface area contributed by atoms with E-state index < -0.39 is 6.10 Å². The predicted molar refractivity (Wildman–Crippen MR) is 92.1 cm³/mol. The highest BCUT2D eigenvalue weighted by atomic mass is 35.5. The number of halogens is 1. The minimum atomic E-state index is -0.528. The number of carbonyl (C=O) groups is 1. The van der Waals surface area contributed by atoms with Crippen LogP contribution in [0, 0.1) is 0 Å². The Morgan fingerprint density at radius 2 is 1.91 bits per heavy atom. The van der Waals surface area contributed by atoms with Crippen LogP contribution in [0.1, 0.15) is 0 Å². The molecule has 0 bridgehead atoms. The summed E-state index contributed by atoms with van der Waals surface area (Å²) in [7, 11) is 1.78. The number of nitrogens with zero attached hydrogens (tertiary/aromatic N) is 2. The van der Waals surface area contributed by atoms with Crippen molar-refractivity contribution >= 4 is 18.3 Å². The molecular weight excluding hydrogens is 318 g/mol. The van der Waals surface area contributed by atoms with Crippen LogP contribution in [0.4, 0.5) is 0 Å². The Balaban J connectivity index is 0.00000264. The third kappa shape index (κ3) is 6.74. The Hall–Kier alpha value is -1.34. The van der Waals surface area contributed by atoms with Crippen LogP contribution in [0.3, 0.4) is 0 Å². The summed E-state index contributed by atoms with van der Waals surface area (Å²) in [4.78, 5) is 15.8. The smallest absolute Gasteiger partial charge is 0.236 e. The minimum Gasteiger partial charge on any atom is -0.491 e. The summed E-state index contributed by atoms with van der Waals surface area (Å²) in [5.41, 5.74) is 0. The Morgan fingerprint density at radius 3 is 2.52 bits per heavy atom. The van der Waals surface area contributed by atoms with Gasteiger partial charge in [0.2, 0.25) is 5.91 Å². The van der Waals surface area contributed by atoms with Gasteiger partial charge in [0.05, 0.1) is 6.54 Å². The molecule has 1 aromatic rings. The fourth-order valence-electron chi connectivity index (χ4n) is 2.50. The highest BCUT2D eigenvalue weighted by molar-refractivity contribution is 5.85. The van der Waals surface area contributed by atoms with Crippen molar-refractivity contribution in [3.05, 3.63) is 30.3 Å². The van der Waals surface area contributed by atoms with Gasteiger partial charge in [-0.15, -0.1) is 12.4 Å². The van der Waals surface area contributed by atoms with E-state index in [1.54, 1.807) is 7.05 Å². The number of β-amino-alcohol motifs (C(OH)–C–C–N with tert-alkyl or cyclic N) is 1. The van der Waals surface area contributed by atoms with Crippen LogP contribution in [-0.4, -0.2) is 79.8 Å². The number of benzene rings is 1. The van der Waals surface area contributed by atoms with Crippen molar-refractivity contribution in [3.63, 3.8) is 0 Å². The van der Waals surface area contributed by atoms with Crippen LogP contribution in [0.2, 0.25) is 0 Å². The number of hydrogen-bond acceptors (Lipinski definition) is 5. The van der Waals surface area contributed by atoms with Gasteiger partial charge in [0, 0.05) is 32.7 Å². The maximum Gasteiger partial charge on any atom is 0.236 e. The zero-order valence-electron chi connectivity index (χ0n) is 13.5. The maximum atomic E-state index is 11.8. The van der Waals surface area contributed by atoms with Gasteiger partial charge in [0.15, 0.2) is 0 Å². The predicted octanol–water partition coefficient (Wildman–Crippen LogP) is 0.212. The Bertz CT molecular complexity index is 453. The normalized spacial score (nSPS) is 16.5. The number of amides is 1. The van der Waals surface area contributed by atoms with Crippen molar-refractivity contribution in [3.8, 4) is 5.75 Å². The number of aliphatic hydroxyl groups is 1. The van der Waals surface area contributed by atoms with Gasteiger partial charge in [-0.25, -0.2) is 0 Å². The summed E-state index contributed by atoms with van der Waals surface area (Å²) in [6, 6.07) is 9.49. The standard InChI is InChI=1S/C16H25N3O3.ClH/c1-17-11-16(21)19-9-7-18(8-10-19)12-14(20)13-22-15-5-3-2-4-6-15;/h2-6,14,17,20H,7-13H2,1H3;1H.